The molecule has 0 spiro atoms. The minimum Gasteiger partial charge on any atom is -0.452 e. The molecule has 0 saturated carbocycles. The molecule has 1 aromatic carbocycles. The Bertz CT molecular complexity index is 511. The molecule has 4 heteroatoms. The second-order valence-electron chi connectivity index (χ2n) is 3.33. The van der Waals surface area contributed by atoms with Crippen molar-refractivity contribution in [2.75, 3.05) is 0 Å². The third kappa shape index (κ3) is 3.04. The molecule has 1 aromatic heterocycles. The number of carbonyl (C=O) groups is 1. The molecule has 0 aliphatic rings. The highest BCUT2D eigenvalue weighted by molar-refractivity contribution is 5.70. The van der Waals surface area contributed by atoms with Crippen molar-refractivity contribution in [1.82, 2.24) is 4.98 Å². The van der Waals surface area contributed by atoms with Gasteiger partial charge in [-0.1, -0.05) is 12.1 Å². The summed E-state index contributed by atoms with van der Waals surface area (Å²) in [5, 5.41) is 0. The molecule has 0 N–H and O–H groups in total. The molecule has 0 bridgehead atoms. The number of esters is 1. The van der Waals surface area contributed by atoms with Gasteiger partial charge in [0.15, 0.2) is 11.5 Å². The third-order valence-electron chi connectivity index (χ3n) is 1.97. The number of hydrogen-bond acceptors (Lipinski definition) is 4. The fourth-order valence-corrected chi connectivity index (χ4v) is 1.31. The van der Waals surface area contributed by atoms with Crippen molar-refractivity contribution in [1.29, 1.82) is 0 Å². The molecule has 2 rings (SSSR count). The summed E-state index contributed by atoms with van der Waals surface area (Å²) in [7, 11) is 0. The van der Waals surface area contributed by atoms with Crippen LogP contribution in [0.5, 0.6) is 17.2 Å². The largest absolute Gasteiger partial charge is 0.452 e. The smallest absolute Gasteiger partial charge is 0.308 e. The van der Waals surface area contributed by atoms with E-state index in [1.165, 1.54) is 6.92 Å². The molecular weight excluding hydrogens is 218 g/mol. The number of para-hydroxylation sites is 2. The zero-order valence-electron chi connectivity index (χ0n) is 9.29. The lowest BCUT2D eigenvalue weighted by atomic mass is 10.3. The lowest BCUT2D eigenvalue weighted by Gasteiger charge is -2.09. The standard InChI is InChI=1S/C13H11NO3/c1-10(15)16-12-6-2-3-7-13(12)17-11-5-4-8-14-9-11/h2-9H,1H3. The highest BCUT2D eigenvalue weighted by Crippen LogP contribution is 2.30. The number of hydrogen-bond donors (Lipinski definition) is 0. The van der Waals surface area contributed by atoms with Crippen molar-refractivity contribution in [2.24, 2.45) is 0 Å². The van der Waals surface area contributed by atoms with Gasteiger partial charge in [-0.05, 0) is 24.3 Å². The molecule has 0 radical (unpaired) electrons. The fourth-order valence-electron chi connectivity index (χ4n) is 1.31. The van der Waals surface area contributed by atoms with E-state index in [1.807, 2.05) is 0 Å². The maximum absolute atomic E-state index is 10.9. The van der Waals surface area contributed by atoms with Crippen LogP contribution < -0.4 is 9.47 Å². The van der Waals surface area contributed by atoms with Crippen LogP contribution in [-0.4, -0.2) is 11.0 Å². The quantitative estimate of drug-likeness (QED) is 0.599. The van der Waals surface area contributed by atoms with Crippen LogP contribution in [-0.2, 0) is 4.79 Å². The predicted octanol–water partition coefficient (Wildman–Crippen LogP) is 2.80. The van der Waals surface area contributed by atoms with E-state index in [2.05, 4.69) is 4.98 Å². The Morgan fingerprint density at radius 1 is 1.12 bits per heavy atom. The summed E-state index contributed by atoms with van der Waals surface area (Å²) in [6.07, 6.45) is 3.25. The molecule has 2 aromatic rings. The number of aromatic nitrogens is 1. The Morgan fingerprint density at radius 2 is 1.88 bits per heavy atom. The van der Waals surface area contributed by atoms with E-state index in [9.17, 15) is 4.79 Å². The SMILES string of the molecule is CC(=O)Oc1ccccc1Oc1cccnc1. The number of benzene rings is 1. The lowest BCUT2D eigenvalue weighted by molar-refractivity contribution is -0.131. The first-order valence-corrected chi connectivity index (χ1v) is 5.11. The normalized spacial score (nSPS) is 9.71. The number of pyridine rings is 1. The average Bonchev–Trinajstić information content (AvgIpc) is 2.32. The number of rotatable bonds is 3. The molecule has 0 amide bonds. The Morgan fingerprint density at radius 3 is 2.53 bits per heavy atom. The van der Waals surface area contributed by atoms with Crippen molar-refractivity contribution >= 4 is 5.97 Å². The molecule has 86 valence electrons. The van der Waals surface area contributed by atoms with Crippen LogP contribution in [0.3, 0.4) is 0 Å². The fraction of sp³-hybridized carbons (Fsp3) is 0.0769. The van der Waals surface area contributed by atoms with Gasteiger partial charge in [0.05, 0.1) is 6.20 Å². The number of carbonyl (C=O) groups excluding carboxylic acids is 1. The van der Waals surface area contributed by atoms with Gasteiger partial charge in [-0.25, -0.2) is 0 Å². The molecule has 0 unspecified atom stereocenters. The van der Waals surface area contributed by atoms with Crippen molar-refractivity contribution < 1.29 is 14.3 Å². The van der Waals surface area contributed by atoms with E-state index in [-0.39, 0.29) is 5.97 Å². The highest BCUT2D eigenvalue weighted by atomic mass is 16.6. The van der Waals surface area contributed by atoms with Gasteiger partial charge in [-0.15, -0.1) is 0 Å². The van der Waals surface area contributed by atoms with Gasteiger partial charge in [0.2, 0.25) is 0 Å². The monoisotopic (exact) mass is 229 g/mol. The highest BCUT2D eigenvalue weighted by Gasteiger charge is 2.07. The van der Waals surface area contributed by atoms with Crippen LogP contribution in [0.4, 0.5) is 0 Å². The lowest BCUT2D eigenvalue weighted by Crippen LogP contribution is -2.02. The topological polar surface area (TPSA) is 48.4 Å². The minimum atomic E-state index is -0.382. The van der Waals surface area contributed by atoms with E-state index < -0.39 is 0 Å². The second-order valence-corrected chi connectivity index (χ2v) is 3.33. The van der Waals surface area contributed by atoms with Gasteiger partial charge in [-0.2, -0.15) is 0 Å². The molecule has 0 atom stereocenters. The summed E-state index contributed by atoms with van der Waals surface area (Å²) in [6.45, 7) is 1.35. The molecule has 0 aliphatic heterocycles. The first-order valence-electron chi connectivity index (χ1n) is 5.11. The van der Waals surface area contributed by atoms with Gasteiger partial charge in [0.25, 0.3) is 0 Å². The van der Waals surface area contributed by atoms with Crippen molar-refractivity contribution in [3.63, 3.8) is 0 Å². The first kappa shape index (κ1) is 11.1. The van der Waals surface area contributed by atoms with Gasteiger partial charge in [0, 0.05) is 13.1 Å². The maximum Gasteiger partial charge on any atom is 0.308 e. The van der Waals surface area contributed by atoms with E-state index in [0.717, 1.165) is 0 Å². The summed E-state index contributed by atoms with van der Waals surface area (Å²) in [4.78, 5) is 14.9. The molecule has 0 fully saturated rings. The van der Waals surface area contributed by atoms with Crippen molar-refractivity contribution in [2.45, 2.75) is 6.92 Å². The Kier molecular flexibility index (Phi) is 3.35. The number of nitrogens with zero attached hydrogens (tertiary/aromatic N) is 1. The Balaban J connectivity index is 2.23. The molecule has 0 aliphatic carbocycles. The molecule has 0 saturated heterocycles. The maximum atomic E-state index is 10.9. The van der Waals surface area contributed by atoms with Crippen LogP contribution in [0.2, 0.25) is 0 Å². The zero-order valence-corrected chi connectivity index (χ0v) is 9.29. The number of ether oxygens (including phenoxy) is 2. The summed E-state index contributed by atoms with van der Waals surface area (Å²) in [5.41, 5.74) is 0. The first-order chi connectivity index (χ1) is 8.25. The van der Waals surface area contributed by atoms with Crippen LogP contribution >= 0.6 is 0 Å². The zero-order chi connectivity index (χ0) is 12.1. The molecule has 4 nitrogen and oxygen atoms in total. The molecule has 17 heavy (non-hydrogen) atoms. The van der Waals surface area contributed by atoms with Crippen LogP contribution in [0.1, 0.15) is 6.92 Å². The van der Waals surface area contributed by atoms with E-state index in [4.69, 9.17) is 9.47 Å². The van der Waals surface area contributed by atoms with E-state index in [0.29, 0.717) is 17.2 Å². The summed E-state index contributed by atoms with van der Waals surface area (Å²) < 4.78 is 10.6. The third-order valence-corrected chi connectivity index (χ3v) is 1.97. The summed E-state index contributed by atoms with van der Waals surface area (Å²) in [6, 6.07) is 10.5. The Hall–Kier alpha value is -2.36. The van der Waals surface area contributed by atoms with Gasteiger partial charge in [0.1, 0.15) is 5.75 Å². The average molecular weight is 229 g/mol. The van der Waals surface area contributed by atoms with Crippen LogP contribution in [0.15, 0.2) is 48.8 Å². The van der Waals surface area contributed by atoms with E-state index >= 15 is 0 Å². The second kappa shape index (κ2) is 5.12. The summed E-state index contributed by atoms with van der Waals surface area (Å²) in [5.74, 6) is 1.08. The van der Waals surface area contributed by atoms with Gasteiger partial charge in [-0.3, -0.25) is 9.78 Å². The van der Waals surface area contributed by atoms with E-state index in [1.54, 1.807) is 48.8 Å². The molecule has 1 heterocycles. The van der Waals surface area contributed by atoms with Crippen LogP contribution in [0.25, 0.3) is 0 Å². The Labute approximate surface area is 98.8 Å². The van der Waals surface area contributed by atoms with Crippen molar-refractivity contribution in [3.8, 4) is 17.2 Å². The summed E-state index contributed by atoms with van der Waals surface area (Å²) >= 11 is 0. The van der Waals surface area contributed by atoms with Gasteiger partial charge >= 0.3 is 5.97 Å². The molecular formula is C13H11NO3. The van der Waals surface area contributed by atoms with Gasteiger partial charge < -0.3 is 9.47 Å². The van der Waals surface area contributed by atoms with Crippen molar-refractivity contribution in [3.05, 3.63) is 48.8 Å². The minimum absolute atomic E-state index is 0.382. The van der Waals surface area contributed by atoms with Crippen LogP contribution in [0, 0.1) is 0 Å². The predicted molar refractivity (Wildman–Crippen MR) is 62.1 cm³/mol.